The molecule has 0 aliphatic heterocycles. The summed E-state index contributed by atoms with van der Waals surface area (Å²) in [5.74, 6) is 0. The number of benzene rings is 2. The number of hydrogen-bond acceptors (Lipinski definition) is 9. The van der Waals surface area contributed by atoms with Crippen LogP contribution in [0.15, 0.2) is 97.1 Å². The van der Waals surface area contributed by atoms with Gasteiger partial charge in [-0.05, 0) is 60.7 Å². The summed E-state index contributed by atoms with van der Waals surface area (Å²) in [4.78, 5) is 10.9. The predicted molar refractivity (Wildman–Crippen MR) is 169 cm³/mol. The molecule has 0 amide bonds. The Bertz CT molecular complexity index is 2030. The van der Waals surface area contributed by atoms with Gasteiger partial charge in [0.05, 0.1) is 32.3 Å². The normalized spacial score (nSPS) is 12.0. The molecule has 0 aliphatic carbocycles. The van der Waals surface area contributed by atoms with Crippen molar-refractivity contribution in [3.05, 3.63) is 108 Å². The lowest BCUT2D eigenvalue weighted by molar-refractivity contribution is -0.138. The van der Waals surface area contributed by atoms with Gasteiger partial charge in [0, 0.05) is 11.1 Å². The van der Waals surface area contributed by atoms with E-state index in [9.17, 15) is 26.3 Å². The lowest BCUT2D eigenvalue weighted by atomic mass is 10.1. The van der Waals surface area contributed by atoms with Crippen molar-refractivity contribution >= 4 is 34.0 Å². The minimum atomic E-state index is -4.42. The molecular weight excluding hydrogens is 679 g/mol. The van der Waals surface area contributed by atoms with Crippen LogP contribution in [0, 0.1) is 0 Å². The average molecular weight is 695 g/mol. The molecule has 5 aromatic heterocycles. The Morgan fingerprint density at radius 1 is 0.383 bits per heavy atom. The van der Waals surface area contributed by atoms with Crippen molar-refractivity contribution in [3.8, 4) is 63.7 Å². The second kappa shape index (κ2) is 12.1. The number of pyridine rings is 2. The van der Waals surface area contributed by atoms with Gasteiger partial charge < -0.3 is 0 Å². The molecule has 0 atom stereocenters. The molecule has 0 saturated carbocycles. The van der Waals surface area contributed by atoms with Gasteiger partial charge in [0.25, 0.3) is 0 Å². The SMILES string of the molecule is FC(F)(F)c1ccc(-c2cccc(-c3nnc(-c4ccc(-c5nnc(-c6cccc(-c7ccc(C(F)(F)F)cc7)n6)s5)s4)s3)n2)cc1. The zero-order valence-electron chi connectivity index (χ0n) is 23.4. The van der Waals surface area contributed by atoms with Gasteiger partial charge in [-0.15, -0.1) is 31.7 Å². The van der Waals surface area contributed by atoms with Crippen LogP contribution < -0.4 is 0 Å². The third-order valence-electron chi connectivity index (χ3n) is 6.83. The maximum Gasteiger partial charge on any atom is 0.416 e. The van der Waals surface area contributed by atoms with E-state index in [1.54, 1.807) is 36.4 Å². The first-order valence-electron chi connectivity index (χ1n) is 13.6. The van der Waals surface area contributed by atoms with Crippen LogP contribution in [-0.4, -0.2) is 30.4 Å². The lowest BCUT2D eigenvalue weighted by Crippen LogP contribution is -2.04. The second-order valence-electron chi connectivity index (χ2n) is 9.95. The van der Waals surface area contributed by atoms with Crippen LogP contribution in [0.1, 0.15) is 11.1 Å². The molecule has 0 bridgehead atoms. The highest BCUT2D eigenvalue weighted by atomic mass is 32.1. The summed E-state index contributed by atoms with van der Waals surface area (Å²) in [5, 5.41) is 19.7. The molecule has 0 radical (unpaired) electrons. The van der Waals surface area contributed by atoms with E-state index in [1.807, 2.05) is 12.1 Å². The summed E-state index contributed by atoms with van der Waals surface area (Å²) in [6.45, 7) is 0. The molecule has 0 unspecified atom stereocenters. The number of nitrogens with zero attached hydrogens (tertiary/aromatic N) is 6. The molecule has 234 valence electrons. The molecule has 2 aromatic carbocycles. The van der Waals surface area contributed by atoms with Crippen LogP contribution in [0.5, 0.6) is 0 Å². The number of hydrogen-bond donors (Lipinski definition) is 0. The van der Waals surface area contributed by atoms with E-state index in [0.717, 1.165) is 34.0 Å². The Labute approximate surface area is 274 Å². The van der Waals surface area contributed by atoms with E-state index in [-0.39, 0.29) is 0 Å². The van der Waals surface area contributed by atoms with Crippen molar-refractivity contribution in [1.29, 1.82) is 0 Å². The van der Waals surface area contributed by atoms with Crippen LogP contribution in [0.3, 0.4) is 0 Å². The number of rotatable bonds is 6. The maximum atomic E-state index is 13.0. The summed E-state index contributed by atoms with van der Waals surface area (Å²) < 4.78 is 77.8. The number of thiophene rings is 1. The fraction of sp³-hybridized carbons (Fsp3) is 0.0625. The maximum absolute atomic E-state index is 13.0. The molecule has 7 aromatic rings. The van der Waals surface area contributed by atoms with Crippen molar-refractivity contribution in [2.75, 3.05) is 0 Å². The summed E-state index contributed by atoms with van der Waals surface area (Å²) in [6, 6.07) is 24.0. The summed E-state index contributed by atoms with van der Waals surface area (Å²) in [6.07, 6.45) is -8.83. The first-order chi connectivity index (χ1) is 22.5. The Morgan fingerprint density at radius 3 is 1.13 bits per heavy atom. The van der Waals surface area contributed by atoms with Crippen molar-refractivity contribution in [1.82, 2.24) is 30.4 Å². The highest BCUT2D eigenvalue weighted by molar-refractivity contribution is 7.27. The molecule has 6 nitrogen and oxygen atoms in total. The standard InChI is InChI=1S/C32H16F6N6S3/c33-31(34,35)19-11-7-17(8-12-19)21-3-1-5-23(39-21)27-41-43-29(46-27)25-15-16-26(45-25)30-44-42-28(47-30)24-6-2-4-22(40-24)18-9-13-20(14-10-18)32(36,37)38/h1-16H. The second-order valence-corrected chi connectivity index (χ2v) is 13.0. The van der Waals surface area contributed by atoms with E-state index in [0.29, 0.717) is 53.9 Å². The molecule has 0 aliphatic rings. The summed E-state index contributed by atoms with van der Waals surface area (Å²) >= 11 is 4.12. The Kier molecular flexibility index (Phi) is 7.90. The molecule has 15 heteroatoms. The molecule has 47 heavy (non-hydrogen) atoms. The summed E-state index contributed by atoms with van der Waals surface area (Å²) in [7, 11) is 0. The number of alkyl halides is 6. The highest BCUT2D eigenvalue weighted by Crippen LogP contribution is 2.40. The van der Waals surface area contributed by atoms with Crippen molar-refractivity contribution in [2.24, 2.45) is 0 Å². The molecule has 7 rings (SSSR count). The van der Waals surface area contributed by atoms with E-state index in [1.165, 1.54) is 58.3 Å². The minimum absolute atomic E-state index is 0.512. The van der Waals surface area contributed by atoms with E-state index >= 15 is 0 Å². The van der Waals surface area contributed by atoms with Gasteiger partial charge in [-0.25, -0.2) is 9.97 Å². The van der Waals surface area contributed by atoms with Crippen LogP contribution >= 0.6 is 34.0 Å². The van der Waals surface area contributed by atoms with Crippen molar-refractivity contribution in [3.63, 3.8) is 0 Å². The largest absolute Gasteiger partial charge is 0.416 e. The molecule has 0 saturated heterocycles. The minimum Gasteiger partial charge on any atom is -0.245 e. The number of aromatic nitrogens is 6. The van der Waals surface area contributed by atoms with Crippen LogP contribution in [-0.2, 0) is 12.4 Å². The van der Waals surface area contributed by atoms with E-state index < -0.39 is 23.5 Å². The fourth-order valence-electron chi connectivity index (χ4n) is 4.51. The Balaban J connectivity index is 1.08. The van der Waals surface area contributed by atoms with Crippen molar-refractivity contribution < 1.29 is 26.3 Å². The molecule has 0 N–H and O–H groups in total. The first kappa shape index (κ1) is 30.8. The zero-order chi connectivity index (χ0) is 32.8. The number of halogens is 6. The molecule has 5 heterocycles. The lowest BCUT2D eigenvalue weighted by Gasteiger charge is -2.07. The first-order valence-corrected chi connectivity index (χ1v) is 16.0. The van der Waals surface area contributed by atoms with Gasteiger partial charge in [-0.3, -0.25) is 0 Å². The predicted octanol–water partition coefficient (Wildman–Crippen LogP) is 10.3. The van der Waals surface area contributed by atoms with E-state index in [2.05, 4.69) is 30.4 Å². The fourth-order valence-corrected chi connectivity index (χ4v) is 7.24. The van der Waals surface area contributed by atoms with Crippen LogP contribution in [0.2, 0.25) is 0 Å². The van der Waals surface area contributed by atoms with Gasteiger partial charge in [0.1, 0.15) is 11.4 Å². The van der Waals surface area contributed by atoms with Gasteiger partial charge in [0.15, 0.2) is 20.0 Å². The van der Waals surface area contributed by atoms with Crippen LogP contribution in [0.4, 0.5) is 26.3 Å². The Hall–Kier alpha value is -4.86. The zero-order valence-corrected chi connectivity index (χ0v) is 25.9. The summed E-state index contributed by atoms with van der Waals surface area (Å²) in [5.41, 5.74) is 1.75. The molecule has 0 fully saturated rings. The van der Waals surface area contributed by atoms with E-state index in [4.69, 9.17) is 0 Å². The Morgan fingerprint density at radius 2 is 0.745 bits per heavy atom. The van der Waals surface area contributed by atoms with Gasteiger partial charge >= 0.3 is 12.4 Å². The highest BCUT2D eigenvalue weighted by Gasteiger charge is 2.31. The molecular formula is C32H16F6N6S3. The average Bonchev–Trinajstić information content (AvgIpc) is 3.85. The van der Waals surface area contributed by atoms with Gasteiger partial charge in [0.2, 0.25) is 0 Å². The smallest absolute Gasteiger partial charge is 0.245 e. The third-order valence-corrected chi connectivity index (χ3v) is 10.1. The van der Waals surface area contributed by atoms with Crippen LogP contribution in [0.25, 0.3) is 63.7 Å². The quantitative estimate of drug-likeness (QED) is 0.161. The molecule has 0 spiro atoms. The third kappa shape index (κ3) is 6.54. The topological polar surface area (TPSA) is 77.3 Å². The monoisotopic (exact) mass is 694 g/mol. The van der Waals surface area contributed by atoms with Crippen molar-refractivity contribution in [2.45, 2.75) is 12.4 Å². The van der Waals surface area contributed by atoms with Gasteiger partial charge in [-0.1, -0.05) is 59.1 Å². The van der Waals surface area contributed by atoms with Gasteiger partial charge in [-0.2, -0.15) is 26.3 Å².